The second-order valence-corrected chi connectivity index (χ2v) is 4.20. The summed E-state index contributed by atoms with van der Waals surface area (Å²) in [5, 5.41) is 10.5. The molecule has 1 N–H and O–H groups in total. The predicted octanol–water partition coefficient (Wildman–Crippen LogP) is 3.34. The van der Waals surface area contributed by atoms with Gasteiger partial charge in [0.2, 0.25) is 0 Å². The largest absolute Gasteiger partial charge is 0.496 e. The summed E-state index contributed by atoms with van der Waals surface area (Å²) >= 11 is 0. The van der Waals surface area contributed by atoms with Crippen molar-refractivity contribution < 1.29 is 9.84 Å². The van der Waals surface area contributed by atoms with Crippen LogP contribution in [0, 0.1) is 0 Å². The Morgan fingerprint density at radius 2 is 1.78 bits per heavy atom. The van der Waals surface area contributed by atoms with Crippen LogP contribution in [-0.2, 0) is 6.42 Å². The van der Waals surface area contributed by atoms with E-state index in [-0.39, 0.29) is 0 Å². The molecule has 2 rings (SSSR count). The monoisotopic (exact) mass is 242 g/mol. The van der Waals surface area contributed by atoms with Gasteiger partial charge in [-0.05, 0) is 23.6 Å². The molecule has 0 aromatic heterocycles. The molecule has 0 radical (unpaired) electrons. The van der Waals surface area contributed by atoms with Gasteiger partial charge in [-0.3, -0.25) is 0 Å². The number of hydrogen-bond acceptors (Lipinski definition) is 2. The maximum absolute atomic E-state index is 10.5. The Morgan fingerprint density at radius 1 is 1.06 bits per heavy atom. The summed E-state index contributed by atoms with van der Waals surface area (Å²) in [5.74, 6) is 0.741. The molecule has 0 aliphatic heterocycles. The molecule has 1 atom stereocenters. The number of rotatable bonds is 4. The minimum absolute atomic E-state index is 0.641. The van der Waals surface area contributed by atoms with E-state index in [1.807, 2.05) is 48.5 Å². The third-order valence-electron chi connectivity index (χ3n) is 3.15. The van der Waals surface area contributed by atoms with E-state index in [4.69, 9.17) is 4.74 Å². The average Bonchev–Trinajstić information content (AvgIpc) is 2.46. The molecule has 0 aliphatic rings. The van der Waals surface area contributed by atoms with Crippen molar-refractivity contribution in [3.63, 3.8) is 0 Å². The topological polar surface area (TPSA) is 29.5 Å². The van der Waals surface area contributed by atoms with E-state index in [1.165, 1.54) is 0 Å². The molecule has 0 bridgehead atoms. The van der Waals surface area contributed by atoms with Crippen LogP contribution in [0.15, 0.2) is 48.5 Å². The van der Waals surface area contributed by atoms with E-state index >= 15 is 0 Å². The first-order chi connectivity index (χ1) is 8.77. The highest BCUT2D eigenvalue weighted by atomic mass is 16.5. The van der Waals surface area contributed by atoms with Gasteiger partial charge in [-0.15, -0.1) is 0 Å². The Bertz CT molecular complexity index is 484. The van der Waals surface area contributed by atoms with Crippen LogP contribution in [0.5, 0.6) is 5.75 Å². The van der Waals surface area contributed by atoms with Crippen molar-refractivity contribution >= 4 is 0 Å². The zero-order chi connectivity index (χ0) is 13.0. The summed E-state index contributed by atoms with van der Waals surface area (Å²) < 4.78 is 5.37. The lowest BCUT2D eigenvalue weighted by molar-refractivity contribution is 0.213. The second kappa shape index (κ2) is 5.69. The van der Waals surface area contributed by atoms with Crippen molar-refractivity contribution in [1.82, 2.24) is 0 Å². The number of ether oxygens (including phenoxy) is 1. The second-order valence-electron chi connectivity index (χ2n) is 4.20. The fourth-order valence-corrected chi connectivity index (χ4v) is 2.19. The number of aliphatic hydroxyl groups is 1. The molecule has 0 fully saturated rings. The summed E-state index contributed by atoms with van der Waals surface area (Å²) in [4.78, 5) is 0. The molecule has 0 heterocycles. The minimum atomic E-state index is -0.641. The fraction of sp³-hybridized carbons (Fsp3) is 0.250. The van der Waals surface area contributed by atoms with Gasteiger partial charge in [0.25, 0.3) is 0 Å². The molecule has 1 unspecified atom stereocenters. The van der Waals surface area contributed by atoms with Crippen LogP contribution in [0.1, 0.15) is 29.7 Å². The van der Waals surface area contributed by atoms with Crippen molar-refractivity contribution in [2.24, 2.45) is 0 Å². The molecule has 0 saturated heterocycles. The number of aliphatic hydroxyl groups excluding tert-OH is 1. The van der Waals surface area contributed by atoms with Gasteiger partial charge in [-0.2, -0.15) is 0 Å². The fourth-order valence-electron chi connectivity index (χ4n) is 2.19. The molecule has 0 saturated carbocycles. The van der Waals surface area contributed by atoms with Gasteiger partial charge in [-0.25, -0.2) is 0 Å². The van der Waals surface area contributed by atoms with Gasteiger partial charge in [0.15, 0.2) is 0 Å². The Labute approximate surface area is 108 Å². The SMILES string of the molecule is CCc1cccc(OC)c1C(O)c1ccccc1. The highest BCUT2D eigenvalue weighted by Gasteiger charge is 2.18. The lowest BCUT2D eigenvalue weighted by Crippen LogP contribution is -2.06. The molecule has 94 valence electrons. The van der Waals surface area contributed by atoms with Crippen LogP contribution in [0.3, 0.4) is 0 Å². The van der Waals surface area contributed by atoms with Crippen molar-refractivity contribution in [2.75, 3.05) is 7.11 Å². The quantitative estimate of drug-likeness (QED) is 0.891. The van der Waals surface area contributed by atoms with E-state index in [9.17, 15) is 5.11 Å². The van der Waals surface area contributed by atoms with Gasteiger partial charge >= 0.3 is 0 Å². The van der Waals surface area contributed by atoms with Crippen LogP contribution in [-0.4, -0.2) is 12.2 Å². The molecule has 0 spiro atoms. The molecule has 2 aromatic carbocycles. The maximum atomic E-state index is 10.5. The average molecular weight is 242 g/mol. The predicted molar refractivity (Wildman–Crippen MR) is 72.9 cm³/mol. The van der Waals surface area contributed by atoms with Gasteiger partial charge < -0.3 is 9.84 Å². The molecule has 0 aliphatic carbocycles. The van der Waals surface area contributed by atoms with E-state index in [0.717, 1.165) is 28.9 Å². The lowest BCUT2D eigenvalue weighted by Gasteiger charge is -2.18. The summed E-state index contributed by atoms with van der Waals surface area (Å²) in [6.45, 7) is 2.08. The Hall–Kier alpha value is -1.80. The standard InChI is InChI=1S/C16H18O2/c1-3-12-10-7-11-14(18-2)15(12)16(17)13-8-5-4-6-9-13/h4-11,16-17H,3H2,1-2H3. The Balaban J connectivity index is 2.49. The van der Waals surface area contributed by atoms with E-state index in [1.54, 1.807) is 7.11 Å². The summed E-state index contributed by atoms with van der Waals surface area (Å²) in [5.41, 5.74) is 2.87. The van der Waals surface area contributed by atoms with Crippen LogP contribution in [0.4, 0.5) is 0 Å². The van der Waals surface area contributed by atoms with Crippen molar-refractivity contribution in [3.05, 3.63) is 65.2 Å². The number of benzene rings is 2. The van der Waals surface area contributed by atoms with Crippen LogP contribution in [0.2, 0.25) is 0 Å². The molecule has 18 heavy (non-hydrogen) atoms. The number of methoxy groups -OCH3 is 1. The van der Waals surface area contributed by atoms with Gasteiger partial charge in [0.1, 0.15) is 11.9 Å². The van der Waals surface area contributed by atoms with E-state index in [2.05, 4.69) is 6.92 Å². The summed E-state index contributed by atoms with van der Waals surface area (Å²) in [7, 11) is 1.63. The highest BCUT2D eigenvalue weighted by Crippen LogP contribution is 2.33. The zero-order valence-electron chi connectivity index (χ0n) is 10.8. The summed E-state index contributed by atoms with van der Waals surface area (Å²) in [6, 6.07) is 15.5. The lowest BCUT2D eigenvalue weighted by atomic mass is 9.94. The molecule has 2 heteroatoms. The molecule has 2 nitrogen and oxygen atoms in total. The molecular weight excluding hydrogens is 224 g/mol. The Kier molecular flexibility index (Phi) is 4.00. The first-order valence-electron chi connectivity index (χ1n) is 6.16. The normalized spacial score (nSPS) is 12.2. The molecule has 0 amide bonds. The maximum Gasteiger partial charge on any atom is 0.125 e. The van der Waals surface area contributed by atoms with Crippen molar-refractivity contribution in [2.45, 2.75) is 19.4 Å². The molecular formula is C16H18O2. The van der Waals surface area contributed by atoms with Crippen LogP contribution in [0.25, 0.3) is 0 Å². The third-order valence-corrected chi connectivity index (χ3v) is 3.15. The van der Waals surface area contributed by atoms with Gasteiger partial charge in [0.05, 0.1) is 7.11 Å². The van der Waals surface area contributed by atoms with Crippen LogP contribution >= 0.6 is 0 Å². The number of hydrogen-bond donors (Lipinski definition) is 1. The van der Waals surface area contributed by atoms with Crippen molar-refractivity contribution in [1.29, 1.82) is 0 Å². The van der Waals surface area contributed by atoms with E-state index in [0.29, 0.717) is 0 Å². The van der Waals surface area contributed by atoms with Gasteiger partial charge in [-0.1, -0.05) is 49.4 Å². The first kappa shape index (κ1) is 12.7. The molecule has 2 aromatic rings. The minimum Gasteiger partial charge on any atom is -0.496 e. The smallest absolute Gasteiger partial charge is 0.125 e. The number of aryl methyl sites for hydroxylation is 1. The highest BCUT2D eigenvalue weighted by molar-refractivity contribution is 5.45. The van der Waals surface area contributed by atoms with Crippen molar-refractivity contribution in [3.8, 4) is 5.75 Å². The Morgan fingerprint density at radius 3 is 2.39 bits per heavy atom. The summed E-state index contributed by atoms with van der Waals surface area (Å²) in [6.07, 6.45) is 0.230. The van der Waals surface area contributed by atoms with E-state index < -0.39 is 6.10 Å². The first-order valence-corrected chi connectivity index (χ1v) is 6.16. The van der Waals surface area contributed by atoms with Gasteiger partial charge in [0, 0.05) is 5.56 Å². The zero-order valence-corrected chi connectivity index (χ0v) is 10.8. The third kappa shape index (κ3) is 2.39. The van der Waals surface area contributed by atoms with Crippen LogP contribution < -0.4 is 4.74 Å².